The summed E-state index contributed by atoms with van der Waals surface area (Å²) in [5.41, 5.74) is 0.824. The molecule has 0 saturated carbocycles. The molecule has 0 aliphatic rings. The van der Waals surface area contributed by atoms with Crippen LogP contribution < -0.4 is 10.1 Å². The Labute approximate surface area is 117 Å². The molecule has 6 nitrogen and oxygen atoms in total. The first-order valence-corrected chi connectivity index (χ1v) is 6.35. The molecule has 0 bridgehead atoms. The monoisotopic (exact) mass is 281 g/mol. The van der Waals surface area contributed by atoms with Gasteiger partial charge in [0.25, 0.3) is 0 Å². The van der Waals surface area contributed by atoms with Gasteiger partial charge in [-0.2, -0.15) is 0 Å². The fourth-order valence-corrected chi connectivity index (χ4v) is 1.55. The van der Waals surface area contributed by atoms with Crippen molar-refractivity contribution in [2.24, 2.45) is 0 Å². The molecule has 1 rings (SSSR count). The fraction of sp³-hybridized carbons (Fsp3) is 0.429. The minimum absolute atomic E-state index is 0.191. The van der Waals surface area contributed by atoms with Gasteiger partial charge in [-0.15, -0.1) is 0 Å². The normalized spacial score (nSPS) is 11.7. The zero-order valence-electron chi connectivity index (χ0n) is 11.6. The van der Waals surface area contributed by atoms with E-state index in [0.717, 1.165) is 5.56 Å². The lowest BCUT2D eigenvalue weighted by atomic mass is 10.2. The van der Waals surface area contributed by atoms with E-state index >= 15 is 0 Å². The highest BCUT2D eigenvalue weighted by atomic mass is 16.5. The molecular weight excluding hydrogens is 262 g/mol. The van der Waals surface area contributed by atoms with Crippen LogP contribution in [0.3, 0.4) is 0 Å². The molecule has 1 aromatic rings. The van der Waals surface area contributed by atoms with Crippen molar-refractivity contribution in [3.63, 3.8) is 0 Å². The average Bonchev–Trinajstić information content (AvgIpc) is 2.43. The van der Waals surface area contributed by atoms with Crippen LogP contribution in [0, 0.1) is 0 Å². The van der Waals surface area contributed by atoms with E-state index in [1.54, 1.807) is 25.1 Å². The molecule has 110 valence electrons. The minimum atomic E-state index is -1.03. The summed E-state index contributed by atoms with van der Waals surface area (Å²) in [7, 11) is 0. The van der Waals surface area contributed by atoms with Crippen molar-refractivity contribution < 1.29 is 24.2 Å². The van der Waals surface area contributed by atoms with E-state index in [1.165, 1.54) is 0 Å². The molecule has 1 aromatic carbocycles. The van der Waals surface area contributed by atoms with Gasteiger partial charge in [0.05, 0.1) is 0 Å². The highest BCUT2D eigenvalue weighted by Gasteiger charge is 2.11. The van der Waals surface area contributed by atoms with Gasteiger partial charge < -0.3 is 19.9 Å². The third-order valence-electron chi connectivity index (χ3n) is 2.51. The maximum absolute atomic E-state index is 11.7. The van der Waals surface area contributed by atoms with Crippen LogP contribution in [-0.4, -0.2) is 36.3 Å². The molecule has 0 heterocycles. The maximum atomic E-state index is 11.7. The van der Waals surface area contributed by atoms with Crippen LogP contribution in [0.25, 0.3) is 0 Å². The average molecular weight is 281 g/mol. The molecule has 1 atom stereocenters. The first-order chi connectivity index (χ1) is 9.52. The number of rotatable bonds is 8. The summed E-state index contributed by atoms with van der Waals surface area (Å²) < 4.78 is 10.2. The van der Waals surface area contributed by atoms with Crippen LogP contribution in [-0.2, 0) is 20.9 Å². The molecule has 0 aromatic heterocycles. The smallest absolute Gasteiger partial charge is 0.341 e. The van der Waals surface area contributed by atoms with Gasteiger partial charge in [-0.3, -0.25) is 4.79 Å². The van der Waals surface area contributed by atoms with E-state index in [2.05, 4.69) is 5.32 Å². The SMILES string of the molecule is CCOC(C)C(=O)NCc1cccc(OCC(=O)O)c1. The quantitative estimate of drug-likeness (QED) is 0.747. The second-order valence-electron chi connectivity index (χ2n) is 4.15. The van der Waals surface area contributed by atoms with Crippen LogP contribution in [0.15, 0.2) is 24.3 Å². The number of carbonyl (C=O) groups excluding carboxylic acids is 1. The summed E-state index contributed by atoms with van der Waals surface area (Å²) in [4.78, 5) is 22.1. The molecular formula is C14H19NO5. The van der Waals surface area contributed by atoms with Crippen molar-refractivity contribution in [3.8, 4) is 5.75 Å². The first kappa shape index (κ1) is 16.0. The van der Waals surface area contributed by atoms with Gasteiger partial charge >= 0.3 is 5.97 Å². The third-order valence-corrected chi connectivity index (χ3v) is 2.51. The van der Waals surface area contributed by atoms with Gasteiger partial charge in [-0.05, 0) is 31.5 Å². The largest absolute Gasteiger partial charge is 0.482 e. The fourth-order valence-electron chi connectivity index (χ4n) is 1.55. The number of hydrogen-bond acceptors (Lipinski definition) is 4. The van der Waals surface area contributed by atoms with Crippen LogP contribution >= 0.6 is 0 Å². The van der Waals surface area contributed by atoms with Gasteiger partial charge in [-0.1, -0.05) is 12.1 Å². The van der Waals surface area contributed by atoms with Gasteiger partial charge in [0.2, 0.25) is 5.91 Å². The number of aliphatic carboxylic acids is 1. The summed E-state index contributed by atoms with van der Waals surface area (Å²) in [5.74, 6) is -0.769. The standard InChI is InChI=1S/C14H19NO5/c1-3-19-10(2)14(18)15-8-11-5-4-6-12(7-11)20-9-13(16)17/h4-7,10H,3,8-9H2,1-2H3,(H,15,18)(H,16,17). The van der Waals surface area contributed by atoms with Crippen molar-refractivity contribution in [1.82, 2.24) is 5.32 Å². The number of carbonyl (C=O) groups is 2. The molecule has 2 N–H and O–H groups in total. The summed E-state index contributed by atoms with van der Waals surface area (Å²) in [5, 5.41) is 11.3. The lowest BCUT2D eigenvalue weighted by Gasteiger charge is -2.12. The Balaban J connectivity index is 2.49. The molecule has 0 aliphatic carbocycles. The minimum Gasteiger partial charge on any atom is -0.482 e. The zero-order valence-corrected chi connectivity index (χ0v) is 11.6. The van der Waals surface area contributed by atoms with Crippen molar-refractivity contribution >= 4 is 11.9 Å². The van der Waals surface area contributed by atoms with Crippen molar-refractivity contribution in [2.45, 2.75) is 26.5 Å². The van der Waals surface area contributed by atoms with E-state index in [-0.39, 0.29) is 5.91 Å². The van der Waals surface area contributed by atoms with E-state index < -0.39 is 18.7 Å². The molecule has 20 heavy (non-hydrogen) atoms. The summed E-state index contributed by atoms with van der Waals surface area (Å²) in [6, 6.07) is 6.91. The van der Waals surface area contributed by atoms with E-state index in [0.29, 0.717) is 18.9 Å². The molecule has 0 fully saturated rings. The van der Waals surface area contributed by atoms with Gasteiger partial charge in [0.1, 0.15) is 11.9 Å². The summed E-state index contributed by atoms with van der Waals surface area (Å²) in [6.07, 6.45) is -0.494. The number of nitrogens with one attached hydrogen (secondary N) is 1. The number of hydrogen-bond donors (Lipinski definition) is 2. The van der Waals surface area contributed by atoms with E-state index in [1.807, 2.05) is 13.0 Å². The Morgan fingerprint density at radius 2 is 2.15 bits per heavy atom. The number of carboxylic acids is 1. The highest BCUT2D eigenvalue weighted by molar-refractivity contribution is 5.80. The maximum Gasteiger partial charge on any atom is 0.341 e. The van der Waals surface area contributed by atoms with Crippen molar-refractivity contribution in [2.75, 3.05) is 13.2 Å². The Morgan fingerprint density at radius 1 is 1.40 bits per heavy atom. The molecule has 0 spiro atoms. The Morgan fingerprint density at radius 3 is 2.80 bits per heavy atom. The lowest BCUT2D eigenvalue weighted by Crippen LogP contribution is -2.34. The number of benzene rings is 1. The number of ether oxygens (including phenoxy) is 2. The predicted molar refractivity (Wildman–Crippen MR) is 72.5 cm³/mol. The highest BCUT2D eigenvalue weighted by Crippen LogP contribution is 2.13. The number of amides is 1. The van der Waals surface area contributed by atoms with Crippen molar-refractivity contribution in [3.05, 3.63) is 29.8 Å². The third kappa shape index (κ3) is 5.71. The van der Waals surface area contributed by atoms with E-state index in [9.17, 15) is 9.59 Å². The van der Waals surface area contributed by atoms with Gasteiger partial charge in [0, 0.05) is 13.2 Å². The van der Waals surface area contributed by atoms with Gasteiger partial charge in [-0.25, -0.2) is 4.79 Å². The Hall–Kier alpha value is -2.08. The molecule has 1 unspecified atom stereocenters. The van der Waals surface area contributed by atoms with Crippen LogP contribution in [0.4, 0.5) is 0 Å². The molecule has 0 radical (unpaired) electrons. The molecule has 6 heteroatoms. The Kier molecular flexibility index (Phi) is 6.52. The molecule has 1 amide bonds. The van der Waals surface area contributed by atoms with Crippen LogP contribution in [0.5, 0.6) is 5.75 Å². The second kappa shape index (κ2) is 8.16. The predicted octanol–water partition coefficient (Wildman–Crippen LogP) is 1.19. The second-order valence-corrected chi connectivity index (χ2v) is 4.15. The lowest BCUT2D eigenvalue weighted by molar-refractivity contribution is -0.139. The molecule has 0 saturated heterocycles. The Bertz CT molecular complexity index is 461. The first-order valence-electron chi connectivity index (χ1n) is 6.35. The summed E-state index contributed by atoms with van der Waals surface area (Å²) >= 11 is 0. The number of carboxylic acid groups (broad SMARTS) is 1. The van der Waals surface area contributed by atoms with Crippen molar-refractivity contribution in [1.29, 1.82) is 0 Å². The molecule has 0 aliphatic heterocycles. The summed E-state index contributed by atoms with van der Waals surface area (Å²) in [6.45, 7) is 3.93. The van der Waals surface area contributed by atoms with Crippen LogP contribution in [0.1, 0.15) is 19.4 Å². The topological polar surface area (TPSA) is 84.9 Å². The van der Waals surface area contributed by atoms with Gasteiger partial charge in [0.15, 0.2) is 6.61 Å². The van der Waals surface area contributed by atoms with Crippen LogP contribution in [0.2, 0.25) is 0 Å². The zero-order chi connectivity index (χ0) is 15.0. The van der Waals surface area contributed by atoms with E-state index in [4.69, 9.17) is 14.6 Å².